The molecule has 2 atom stereocenters. The van der Waals surface area contributed by atoms with Gasteiger partial charge in [0, 0.05) is 12.8 Å². The zero-order valence-electron chi connectivity index (χ0n) is 55.9. The molecule has 0 aliphatic rings. The predicted octanol–water partition coefficient (Wildman–Crippen LogP) is 24.4. The Kier molecular flexibility index (Phi) is 70.4. The summed E-state index contributed by atoms with van der Waals surface area (Å²) in [5.74, 6) is -0.0527. The summed E-state index contributed by atoms with van der Waals surface area (Å²) in [5.41, 5.74) is 0. The van der Waals surface area contributed by atoms with Crippen LogP contribution in [0, 0.1) is 0 Å². The van der Waals surface area contributed by atoms with Gasteiger partial charge in [-0.25, -0.2) is 0 Å². The van der Waals surface area contributed by atoms with Crippen LogP contribution in [0.3, 0.4) is 0 Å². The van der Waals surface area contributed by atoms with Crippen LogP contribution in [0.2, 0.25) is 0 Å². The number of ether oxygens (including phenoxy) is 1. The molecule has 0 heterocycles. The Labute approximate surface area is 518 Å². The molecule has 0 aromatic carbocycles. The van der Waals surface area contributed by atoms with Gasteiger partial charge in [-0.1, -0.05) is 351 Å². The third-order valence-corrected chi connectivity index (χ3v) is 17.3. The summed E-state index contributed by atoms with van der Waals surface area (Å²) in [6, 6.07) is -0.626. The van der Waals surface area contributed by atoms with Crippen molar-refractivity contribution in [2.75, 3.05) is 13.2 Å². The van der Waals surface area contributed by atoms with E-state index in [1.54, 1.807) is 6.08 Å². The number of nitrogens with one attached hydrogen (secondary N) is 1. The summed E-state index contributed by atoms with van der Waals surface area (Å²) < 4.78 is 5.48. The minimum absolute atomic E-state index is 0.0101. The van der Waals surface area contributed by atoms with E-state index in [2.05, 4.69) is 55.6 Å². The molecule has 0 aromatic rings. The molecule has 0 fully saturated rings. The van der Waals surface area contributed by atoms with Gasteiger partial charge < -0.3 is 20.3 Å². The molecule has 3 N–H and O–H groups in total. The normalized spacial score (nSPS) is 12.8. The Morgan fingerprint density at radius 3 is 0.952 bits per heavy atom. The summed E-state index contributed by atoms with van der Waals surface area (Å²) >= 11 is 0. The van der Waals surface area contributed by atoms with Gasteiger partial charge in [0.15, 0.2) is 0 Å². The van der Waals surface area contributed by atoms with Gasteiger partial charge >= 0.3 is 5.97 Å². The molecule has 0 saturated carbocycles. The average molecular weight is 1170 g/mol. The fourth-order valence-electron chi connectivity index (χ4n) is 11.6. The number of carbonyl (C=O) groups is 2. The van der Waals surface area contributed by atoms with E-state index in [1.165, 1.54) is 327 Å². The van der Waals surface area contributed by atoms with Gasteiger partial charge in [-0.05, 0) is 89.9 Å². The molecule has 2 unspecified atom stereocenters. The van der Waals surface area contributed by atoms with Gasteiger partial charge in [0.2, 0.25) is 5.91 Å². The first kappa shape index (κ1) is 80.8. The third kappa shape index (κ3) is 68.8. The van der Waals surface area contributed by atoms with Crippen molar-refractivity contribution in [3.8, 4) is 0 Å². The van der Waals surface area contributed by atoms with Crippen LogP contribution in [-0.4, -0.2) is 47.4 Å². The molecular weight excluding hydrogens is 1020 g/mol. The summed E-state index contributed by atoms with van der Waals surface area (Å²) in [6.45, 7) is 4.90. The van der Waals surface area contributed by atoms with Crippen molar-refractivity contribution in [3.63, 3.8) is 0 Å². The Balaban J connectivity index is 3.37. The van der Waals surface area contributed by atoms with Crippen LogP contribution in [0.1, 0.15) is 406 Å². The van der Waals surface area contributed by atoms with E-state index in [1.807, 2.05) is 6.08 Å². The van der Waals surface area contributed by atoms with Gasteiger partial charge in [-0.3, -0.25) is 9.59 Å². The zero-order valence-corrected chi connectivity index (χ0v) is 55.9. The highest BCUT2D eigenvalue weighted by atomic mass is 16.5. The number of rotatable bonds is 70. The smallest absolute Gasteiger partial charge is 0.305 e. The van der Waals surface area contributed by atoms with Gasteiger partial charge in [0.25, 0.3) is 0 Å². The molecule has 0 aliphatic heterocycles. The Morgan fingerprint density at radius 1 is 0.337 bits per heavy atom. The van der Waals surface area contributed by atoms with Crippen molar-refractivity contribution in [2.45, 2.75) is 418 Å². The molecule has 1 amide bonds. The van der Waals surface area contributed by atoms with E-state index in [0.717, 1.165) is 51.4 Å². The maximum Gasteiger partial charge on any atom is 0.305 e. The third-order valence-electron chi connectivity index (χ3n) is 17.3. The lowest BCUT2D eigenvalue weighted by Gasteiger charge is -2.20. The number of esters is 1. The van der Waals surface area contributed by atoms with Gasteiger partial charge in [-0.2, -0.15) is 0 Å². The lowest BCUT2D eigenvalue weighted by atomic mass is 10.0. The van der Waals surface area contributed by atoms with E-state index in [4.69, 9.17) is 4.74 Å². The zero-order chi connectivity index (χ0) is 59.9. The highest BCUT2D eigenvalue weighted by Gasteiger charge is 2.18. The Morgan fingerprint density at radius 2 is 0.602 bits per heavy atom. The number of aliphatic hydroxyl groups excluding tert-OH is 2. The van der Waals surface area contributed by atoms with Gasteiger partial charge in [0.05, 0.1) is 25.4 Å². The van der Waals surface area contributed by atoms with Crippen LogP contribution in [0.15, 0.2) is 48.6 Å². The summed E-state index contributed by atoms with van der Waals surface area (Å²) in [7, 11) is 0. The van der Waals surface area contributed by atoms with Gasteiger partial charge in [-0.15, -0.1) is 0 Å². The topological polar surface area (TPSA) is 95.9 Å². The van der Waals surface area contributed by atoms with E-state index in [0.29, 0.717) is 19.4 Å². The largest absolute Gasteiger partial charge is 0.466 e. The van der Waals surface area contributed by atoms with Crippen LogP contribution < -0.4 is 5.32 Å². The van der Waals surface area contributed by atoms with Crippen molar-refractivity contribution >= 4 is 11.9 Å². The first-order valence-corrected chi connectivity index (χ1v) is 37.4. The minimum atomic E-state index is -0.842. The van der Waals surface area contributed by atoms with Crippen LogP contribution in [0.25, 0.3) is 0 Å². The molecule has 6 nitrogen and oxygen atoms in total. The van der Waals surface area contributed by atoms with Crippen LogP contribution in [0.4, 0.5) is 0 Å². The number of hydrogen-bond donors (Lipinski definition) is 3. The lowest BCUT2D eigenvalue weighted by Crippen LogP contribution is -2.45. The van der Waals surface area contributed by atoms with E-state index in [9.17, 15) is 19.8 Å². The SMILES string of the molecule is CCCCC/C=C\CCCCCCCC(=O)OCCCCCCCCCCCCCCCCC/C=C\C/C=C\CCCCCCCCCCCCCCCCCCCC(=O)NC(CO)C(O)/C=C/CCCCCCCCCCCCCCC. The molecule has 83 heavy (non-hydrogen) atoms. The Bertz CT molecular complexity index is 1390. The molecule has 0 saturated heterocycles. The molecule has 0 spiro atoms. The number of amides is 1. The van der Waals surface area contributed by atoms with E-state index in [-0.39, 0.29) is 18.5 Å². The monoisotopic (exact) mass is 1160 g/mol. The number of hydrogen-bond acceptors (Lipinski definition) is 5. The fraction of sp³-hybridized carbons (Fsp3) is 0.870. The highest BCUT2D eigenvalue weighted by molar-refractivity contribution is 5.76. The van der Waals surface area contributed by atoms with Crippen molar-refractivity contribution in [1.82, 2.24) is 5.32 Å². The van der Waals surface area contributed by atoms with Crippen molar-refractivity contribution in [3.05, 3.63) is 48.6 Å². The summed E-state index contributed by atoms with van der Waals surface area (Å²) in [6.07, 6.45) is 95.1. The molecule has 488 valence electrons. The second-order valence-electron chi connectivity index (χ2n) is 25.6. The minimum Gasteiger partial charge on any atom is -0.466 e. The number of aliphatic hydroxyl groups is 2. The average Bonchev–Trinajstić information content (AvgIpc) is 3.49. The second-order valence-corrected chi connectivity index (χ2v) is 25.6. The highest BCUT2D eigenvalue weighted by Crippen LogP contribution is 2.19. The molecular formula is C77H145NO5. The Hall–Kier alpha value is -2.18. The number of carbonyl (C=O) groups excluding carboxylic acids is 2. The van der Waals surface area contributed by atoms with Crippen molar-refractivity contribution in [1.29, 1.82) is 0 Å². The first-order valence-electron chi connectivity index (χ1n) is 37.4. The quantitative estimate of drug-likeness (QED) is 0.0320. The lowest BCUT2D eigenvalue weighted by molar-refractivity contribution is -0.143. The summed E-state index contributed by atoms with van der Waals surface area (Å²) in [4.78, 5) is 24.5. The maximum atomic E-state index is 12.5. The molecule has 0 rings (SSSR count). The van der Waals surface area contributed by atoms with Crippen LogP contribution in [0.5, 0.6) is 0 Å². The van der Waals surface area contributed by atoms with Crippen LogP contribution in [-0.2, 0) is 14.3 Å². The van der Waals surface area contributed by atoms with Crippen molar-refractivity contribution in [2.24, 2.45) is 0 Å². The van der Waals surface area contributed by atoms with E-state index >= 15 is 0 Å². The predicted molar refractivity (Wildman–Crippen MR) is 366 cm³/mol. The summed E-state index contributed by atoms with van der Waals surface area (Å²) in [5, 5.41) is 23.2. The van der Waals surface area contributed by atoms with Crippen molar-refractivity contribution < 1.29 is 24.5 Å². The van der Waals surface area contributed by atoms with Crippen LogP contribution >= 0.6 is 0 Å². The fourth-order valence-corrected chi connectivity index (χ4v) is 11.6. The molecule has 0 radical (unpaired) electrons. The first-order chi connectivity index (χ1) is 41.0. The standard InChI is InChI=1S/C77H145NO5/c1-3-5-7-9-11-13-15-17-43-46-49-53-57-61-65-69-75(80)74(73-79)78-76(81)70-66-62-58-54-50-47-44-41-39-37-35-33-31-29-27-25-23-21-19-18-20-22-24-26-28-30-32-34-36-38-40-42-45-48-52-56-60-64-68-72-83-77(82)71-67-63-59-55-51-16-14-12-10-8-6-4-2/h12,14,18-19,22,24,65,69,74-75,79-80H,3-11,13,15-17,20-21,23,25-64,66-68,70-73H2,1-2H3,(H,78,81)/b14-12-,19-18-,24-22-,69-65+. The molecule has 0 aromatic heterocycles. The van der Waals surface area contributed by atoms with E-state index < -0.39 is 12.1 Å². The molecule has 0 aliphatic carbocycles. The molecule has 6 heteroatoms. The number of unbranched alkanes of at least 4 members (excludes halogenated alkanes) is 53. The maximum absolute atomic E-state index is 12.5. The molecule has 0 bridgehead atoms. The van der Waals surface area contributed by atoms with Gasteiger partial charge in [0.1, 0.15) is 0 Å². The number of allylic oxidation sites excluding steroid dienone is 7. The second kappa shape index (κ2) is 72.3.